The van der Waals surface area contributed by atoms with Crippen molar-refractivity contribution in [2.45, 2.75) is 58.3 Å². The van der Waals surface area contributed by atoms with Gasteiger partial charge in [-0.2, -0.15) is 0 Å². The first-order valence-corrected chi connectivity index (χ1v) is 15.3. The first-order chi connectivity index (χ1) is 20.7. The molecule has 0 spiro atoms. The lowest BCUT2D eigenvalue weighted by atomic mass is 9.97. The van der Waals surface area contributed by atoms with E-state index in [0.717, 1.165) is 33.6 Å². The molecule has 0 unspecified atom stereocenters. The van der Waals surface area contributed by atoms with E-state index in [1.807, 2.05) is 75.4 Å². The molecule has 43 heavy (non-hydrogen) atoms. The molecule has 1 aromatic heterocycles. The van der Waals surface area contributed by atoms with Gasteiger partial charge in [-0.05, 0) is 67.1 Å². The third kappa shape index (κ3) is 7.35. The molecule has 1 aliphatic heterocycles. The lowest BCUT2D eigenvalue weighted by Gasteiger charge is -2.32. The van der Waals surface area contributed by atoms with Gasteiger partial charge < -0.3 is 19.7 Å². The maximum Gasteiger partial charge on any atom is 0.251 e. The highest BCUT2D eigenvalue weighted by molar-refractivity contribution is 7.99. The Labute approximate surface area is 256 Å². The average molecular weight is 597 g/mol. The topological polar surface area (TPSA) is 93.7 Å². The van der Waals surface area contributed by atoms with Gasteiger partial charge in [0.15, 0.2) is 16.7 Å². The Hall–Kier alpha value is -4.37. The number of carbonyl (C=O) groups excluding carboxylic acids is 2. The van der Waals surface area contributed by atoms with Gasteiger partial charge in [-0.15, -0.1) is 0 Å². The number of anilines is 1. The van der Waals surface area contributed by atoms with Crippen LogP contribution in [-0.4, -0.2) is 39.2 Å². The van der Waals surface area contributed by atoms with Crippen LogP contribution in [0, 0.1) is 20.8 Å². The zero-order valence-corrected chi connectivity index (χ0v) is 25.9. The number of benzene rings is 3. The summed E-state index contributed by atoms with van der Waals surface area (Å²) in [6.07, 6.45) is 0. The van der Waals surface area contributed by atoms with Crippen molar-refractivity contribution in [1.82, 2.24) is 14.9 Å². The van der Waals surface area contributed by atoms with Gasteiger partial charge in [-0.1, -0.05) is 74.1 Å². The monoisotopic (exact) mass is 596 g/mol. The SMILES string of the molecule is Cc1cc(C)nc(SCC(=O)N(Cc2ccccc2C)[C@H](C(=O)Nc2ccc3c(c2)OCO3)c2ccc(C(C)C)cc2)n1. The minimum absolute atomic E-state index is 0.0760. The molecule has 3 aromatic carbocycles. The van der Waals surface area contributed by atoms with Crippen molar-refractivity contribution >= 4 is 29.3 Å². The number of fused-ring (bicyclic) bond motifs is 1. The Morgan fingerprint density at radius 2 is 1.56 bits per heavy atom. The standard InChI is InChI=1S/C34H36N4O4S/c1-21(2)25-10-12-26(13-11-25)32(33(40)37-28-14-15-29-30(17-28)42-20-41-29)38(18-27-9-7-6-8-22(27)3)31(39)19-43-34-35-23(4)16-24(5)36-34/h6-17,21,32H,18-20H2,1-5H3,(H,37,40)/t32-/m0/s1. The Balaban J connectivity index is 1.51. The highest BCUT2D eigenvalue weighted by Crippen LogP contribution is 2.35. The molecule has 222 valence electrons. The number of aryl methyl sites for hydroxylation is 3. The summed E-state index contributed by atoms with van der Waals surface area (Å²) in [7, 11) is 0. The van der Waals surface area contributed by atoms with Crippen molar-refractivity contribution < 1.29 is 19.1 Å². The fourth-order valence-electron chi connectivity index (χ4n) is 4.98. The van der Waals surface area contributed by atoms with Crippen LogP contribution in [0.1, 0.15) is 59.4 Å². The number of nitrogens with zero attached hydrogens (tertiary/aromatic N) is 3. The van der Waals surface area contributed by atoms with Crippen LogP contribution in [-0.2, 0) is 16.1 Å². The average Bonchev–Trinajstić information content (AvgIpc) is 3.44. The molecular weight excluding hydrogens is 560 g/mol. The summed E-state index contributed by atoms with van der Waals surface area (Å²) in [6, 6.07) is 22.1. The number of ether oxygens (including phenoxy) is 2. The van der Waals surface area contributed by atoms with E-state index >= 15 is 0 Å². The zero-order valence-electron chi connectivity index (χ0n) is 25.1. The fraction of sp³-hybridized carbons (Fsp3) is 0.294. The molecule has 2 heterocycles. The molecule has 0 fully saturated rings. The highest BCUT2D eigenvalue weighted by atomic mass is 32.2. The van der Waals surface area contributed by atoms with Gasteiger partial charge in [0.2, 0.25) is 12.7 Å². The van der Waals surface area contributed by atoms with Gasteiger partial charge >= 0.3 is 0 Å². The van der Waals surface area contributed by atoms with E-state index in [0.29, 0.717) is 28.3 Å². The minimum atomic E-state index is -0.903. The van der Waals surface area contributed by atoms with Gasteiger partial charge in [0.1, 0.15) is 6.04 Å². The molecule has 0 radical (unpaired) electrons. The van der Waals surface area contributed by atoms with Crippen LogP contribution in [0.15, 0.2) is 78.0 Å². The van der Waals surface area contributed by atoms with Crippen LogP contribution < -0.4 is 14.8 Å². The van der Waals surface area contributed by atoms with Crippen LogP contribution in [0.4, 0.5) is 5.69 Å². The number of hydrogen-bond donors (Lipinski definition) is 1. The normalized spacial score (nSPS) is 12.7. The molecule has 0 bridgehead atoms. The first kappa shape index (κ1) is 30.1. The van der Waals surface area contributed by atoms with Crippen LogP contribution in [0.5, 0.6) is 11.5 Å². The molecule has 8 nitrogen and oxygen atoms in total. The van der Waals surface area contributed by atoms with Crippen molar-refractivity contribution in [2.75, 3.05) is 17.9 Å². The second-order valence-corrected chi connectivity index (χ2v) is 11.9. The smallest absolute Gasteiger partial charge is 0.251 e. The molecule has 5 rings (SSSR count). The Morgan fingerprint density at radius 1 is 0.884 bits per heavy atom. The number of hydrogen-bond acceptors (Lipinski definition) is 7. The van der Waals surface area contributed by atoms with E-state index in [4.69, 9.17) is 9.47 Å². The summed E-state index contributed by atoms with van der Waals surface area (Å²) in [5, 5.41) is 3.56. The second kappa shape index (κ2) is 13.3. The maximum absolute atomic E-state index is 14.2. The predicted molar refractivity (Wildman–Crippen MR) is 168 cm³/mol. The summed E-state index contributed by atoms with van der Waals surface area (Å²) in [5.41, 5.74) is 6.10. The Bertz CT molecular complexity index is 1600. The van der Waals surface area contributed by atoms with Crippen LogP contribution in [0.25, 0.3) is 0 Å². The van der Waals surface area contributed by atoms with Crippen molar-refractivity contribution in [2.24, 2.45) is 0 Å². The number of aromatic nitrogens is 2. The van der Waals surface area contributed by atoms with E-state index in [2.05, 4.69) is 29.1 Å². The van der Waals surface area contributed by atoms with Gasteiger partial charge in [0.25, 0.3) is 5.91 Å². The number of nitrogens with one attached hydrogen (secondary N) is 1. The van der Waals surface area contributed by atoms with Gasteiger partial charge in [-0.25, -0.2) is 9.97 Å². The quantitative estimate of drug-likeness (QED) is 0.160. The van der Waals surface area contributed by atoms with Crippen molar-refractivity contribution in [1.29, 1.82) is 0 Å². The van der Waals surface area contributed by atoms with E-state index < -0.39 is 6.04 Å². The zero-order chi connectivity index (χ0) is 30.5. The third-order valence-corrected chi connectivity index (χ3v) is 8.16. The molecule has 9 heteroatoms. The summed E-state index contributed by atoms with van der Waals surface area (Å²) in [5.74, 6) is 1.07. The molecule has 1 aliphatic rings. The molecule has 4 aromatic rings. The van der Waals surface area contributed by atoms with E-state index in [-0.39, 0.29) is 30.9 Å². The molecule has 2 amide bonds. The predicted octanol–water partition coefficient (Wildman–Crippen LogP) is 6.75. The Morgan fingerprint density at radius 3 is 2.26 bits per heavy atom. The summed E-state index contributed by atoms with van der Waals surface area (Å²) < 4.78 is 10.9. The largest absolute Gasteiger partial charge is 0.454 e. The third-order valence-electron chi connectivity index (χ3n) is 7.33. The number of rotatable bonds is 10. The van der Waals surface area contributed by atoms with Crippen LogP contribution in [0.2, 0.25) is 0 Å². The van der Waals surface area contributed by atoms with Crippen molar-refractivity contribution in [3.05, 3.63) is 106 Å². The molecular formula is C34H36N4O4S. The lowest BCUT2D eigenvalue weighted by Crippen LogP contribution is -2.42. The number of amides is 2. The van der Waals surface area contributed by atoms with Gasteiger partial charge in [0, 0.05) is 29.7 Å². The van der Waals surface area contributed by atoms with Crippen LogP contribution >= 0.6 is 11.8 Å². The molecule has 1 atom stereocenters. The second-order valence-electron chi connectivity index (χ2n) is 11.0. The molecule has 0 saturated heterocycles. The molecule has 1 N–H and O–H groups in total. The van der Waals surface area contributed by atoms with Crippen molar-refractivity contribution in [3.8, 4) is 11.5 Å². The maximum atomic E-state index is 14.2. The van der Waals surface area contributed by atoms with E-state index in [1.54, 1.807) is 23.1 Å². The molecule has 0 saturated carbocycles. The highest BCUT2D eigenvalue weighted by Gasteiger charge is 2.32. The first-order valence-electron chi connectivity index (χ1n) is 14.3. The lowest BCUT2D eigenvalue weighted by molar-refractivity contribution is -0.137. The fourth-order valence-corrected chi connectivity index (χ4v) is 5.82. The summed E-state index contributed by atoms with van der Waals surface area (Å²) in [6.45, 7) is 10.5. The van der Waals surface area contributed by atoms with Crippen molar-refractivity contribution in [3.63, 3.8) is 0 Å². The Kier molecular flexibility index (Phi) is 9.31. The van der Waals surface area contributed by atoms with E-state index in [1.165, 1.54) is 11.8 Å². The van der Waals surface area contributed by atoms with E-state index in [9.17, 15) is 9.59 Å². The van der Waals surface area contributed by atoms with Gasteiger partial charge in [0.05, 0.1) is 5.75 Å². The van der Waals surface area contributed by atoms with Gasteiger partial charge in [-0.3, -0.25) is 9.59 Å². The number of carbonyl (C=O) groups is 2. The summed E-state index contributed by atoms with van der Waals surface area (Å²) >= 11 is 1.27. The summed E-state index contributed by atoms with van der Waals surface area (Å²) in [4.78, 5) is 39.0. The van der Waals surface area contributed by atoms with Crippen LogP contribution in [0.3, 0.4) is 0 Å². The number of thioether (sulfide) groups is 1. The minimum Gasteiger partial charge on any atom is -0.454 e. The molecule has 0 aliphatic carbocycles.